The van der Waals surface area contributed by atoms with Gasteiger partial charge in [-0.1, -0.05) is 25.1 Å². The van der Waals surface area contributed by atoms with Gasteiger partial charge in [0.05, 0.1) is 5.52 Å². The number of fused-ring (bicyclic) bond motifs is 1. The molecule has 0 aliphatic heterocycles. The van der Waals surface area contributed by atoms with Crippen molar-refractivity contribution in [2.75, 3.05) is 13.2 Å². The molecule has 0 radical (unpaired) electrons. The minimum atomic E-state index is 0.628. The molecule has 92 valence electrons. The maximum Gasteiger partial charge on any atom is 0.122 e. The average Bonchev–Trinajstić information content (AvgIpc) is 2.77. The van der Waals surface area contributed by atoms with Crippen molar-refractivity contribution < 1.29 is 4.74 Å². The largest absolute Gasteiger partial charge is 0.361 e. The first kappa shape index (κ1) is 12.1. The second kappa shape index (κ2) is 5.84. The van der Waals surface area contributed by atoms with Gasteiger partial charge in [0, 0.05) is 19.3 Å². The van der Waals surface area contributed by atoms with Gasteiger partial charge in [0.1, 0.15) is 6.73 Å². The molecule has 3 nitrogen and oxygen atoms in total. The summed E-state index contributed by atoms with van der Waals surface area (Å²) in [5, 5.41) is 4.65. The lowest BCUT2D eigenvalue weighted by Gasteiger charge is -2.10. The fourth-order valence-electron chi connectivity index (χ4n) is 2.04. The molecule has 0 atom stereocenters. The fraction of sp³-hybridized carbons (Fsp3) is 0.429. The summed E-state index contributed by atoms with van der Waals surface area (Å²) >= 11 is 0. The maximum atomic E-state index is 5.49. The molecule has 0 amide bonds. The molecule has 1 heterocycles. The standard InChI is InChI=1S/C14H20N2O/c1-3-15-10-13-7-5-6-12-8-9-16(14(12)13)11-17-4-2/h5-9,15H,3-4,10-11H2,1-2H3. The minimum absolute atomic E-state index is 0.628. The smallest absolute Gasteiger partial charge is 0.122 e. The molecule has 1 aromatic heterocycles. The van der Waals surface area contributed by atoms with Gasteiger partial charge in [-0.2, -0.15) is 0 Å². The summed E-state index contributed by atoms with van der Waals surface area (Å²) in [5.41, 5.74) is 2.61. The van der Waals surface area contributed by atoms with E-state index in [9.17, 15) is 0 Å². The Morgan fingerprint density at radius 3 is 2.88 bits per heavy atom. The van der Waals surface area contributed by atoms with Gasteiger partial charge >= 0.3 is 0 Å². The molecule has 0 saturated carbocycles. The van der Waals surface area contributed by atoms with Crippen LogP contribution in [0.3, 0.4) is 0 Å². The lowest BCUT2D eigenvalue weighted by Crippen LogP contribution is -2.13. The highest BCUT2D eigenvalue weighted by atomic mass is 16.5. The first-order valence-corrected chi connectivity index (χ1v) is 6.22. The number of benzene rings is 1. The zero-order chi connectivity index (χ0) is 12.1. The molecule has 0 bridgehead atoms. The Labute approximate surface area is 102 Å². The quantitative estimate of drug-likeness (QED) is 0.828. The van der Waals surface area contributed by atoms with Crippen molar-refractivity contribution in [1.29, 1.82) is 0 Å². The van der Waals surface area contributed by atoms with Crippen LogP contribution < -0.4 is 5.32 Å². The van der Waals surface area contributed by atoms with E-state index in [4.69, 9.17) is 4.74 Å². The highest BCUT2D eigenvalue weighted by Gasteiger charge is 2.05. The molecule has 2 aromatic rings. The number of ether oxygens (including phenoxy) is 1. The van der Waals surface area contributed by atoms with Gasteiger partial charge in [-0.25, -0.2) is 0 Å². The van der Waals surface area contributed by atoms with E-state index in [0.29, 0.717) is 6.73 Å². The van der Waals surface area contributed by atoms with E-state index in [1.807, 2.05) is 6.92 Å². The zero-order valence-corrected chi connectivity index (χ0v) is 10.6. The predicted molar refractivity (Wildman–Crippen MR) is 70.9 cm³/mol. The minimum Gasteiger partial charge on any atom is -0.361 e. The average molecular weight is 232 g/mol. The van der Waals surface area contributed by atoms with Crippen LogP contribution in [0, 0.1) is 0 Å². The second-order valence-electron chi connectivity index (χ2n) is 4.04. The van der Waals surface area contributed by atoms with Crippen molar-refractivity contribution in [3.63, 3.8) is 0 Å². The van der Waals surface area contributed by atoms with Crippen molar-refractivity contribution in [1.82, 2.24) is 9.88 Å². The van der Waals surface area contributed by atoms with Crippen LogP contribution >= 0.6 is 0 Å². The van der Waals surface area contributed by atoms with E-state index in [1.165, 1.54) is 16.5 Å². The normalized spacial score (nSPS) is 11.2. The molecular formula is C14H20N2O. The zero-order valence-electron chi connectivity index (χ0n) is 10.6. The molecule has 0 unspecified atom stereocenters. The van der Waals surface area contributed by atoms with Gasteiger partial charge in [0.25, 0.3) is 0 Å². The third-order valence-electron chi connectivity index (χ3n) is 2.87. The van der Waals surface area contributed by atoms with E-state index >= 15 is 0 Å². The van der Waals surface area contributed by atoms with Gasteiger partial charge in [-0.15, -0.1) is 0 Å². The van der Waals surface area contributed by atoms with Crippen molar-refractivity contribution in [3.05, 3.63) is 36.0 Å². The first-order chi connectivity index (χ1) is 8.36. The third-order valence-corrected chi connectivity index (χ3v) is 2.87. The van der Waals surface area contributed by atoms with E-state index in [-0.39, 0.29) is 0 Å². The molecule has 0 aliphatic rings. The van der Waals surface area contributed by atoms with Gasteiger partial charge in [-0.3, -0.25) is 0 Å². The first-order valence-electron chi connectivity index (χ1n) is 6.22. The van der Waals surface area contributed by atoms with Crippen molar-refractivity contribution in [3.8, 4) is 0 Å². The highest BCUT2D eigenvalue weighted by molar-refractivity contribution is 5.83. The number of para-hydroxylation sites is 1. The predicted octanol–water partition coefficient (Wildman–Crippen LogP) is 2.74. The number of nitrogens with zero attached hydrogens (tertiary/aromatic N) is 1. The number of rotatable bonds is 6. The van der Waals surface area contributed by atoms with Crippen LogP contribution in [0.25, 0.3) is 10.9 Å². The van der Waals surface area contributed by atoms with E-state index in [1.54, 1.807) is 0 Å². The number of hydrogen-bond acceptors (Lipinski definition) is 2. The van der Waals surface area contributed by atoms with E-state index < -0.39 is 0 Å². The molecule has 2 rings (SSSR count). The van der Waals surface area contributed by atoms with Crippen molar-refractivity contribution in [2.45, 2.75) is 27.1 Å². The summed E-state index contributed by atoms with van der Waals surface area (Å²) in [6.07, 6.45) is 2.09. The van der Waals surface area contributed by atoms with Crippen LogP contribution in [0.15, 0.2) is 30.5 Å². The van der Waals surface area contributed by atoms with Crippen LogP contribution in [0.2, 0.25) is 0 Å². The fourth-order valence-corrected chi connectivity index (χ4v) is 2.04. The van der Waals surface area contributed by atoms with Gasteiger partial charge < -0.3 is 14.6 Å². The molecule has 1 aromatic carbocycles. The molecule has 0 spiro atoms. The number of hydrogen-bond donors (Lipinski definition) is 1. The Morgan fingerprint density at radius 1 is 1.24 bits per heavy atom. The lowest BCUT2D eigenvalue weighted by molar-refractivity contribution is 0.0908. The van der Waals surface area contributed by atoms with Gasteiger partial charge in [0.15, 0.2) is 0 Å². The van der Waals surface area contributed by atoms with Crippen LogP contribution in [-0.2, 0) is 18.0 Å². The summed E-state index contributed by atoms with van der Waals surface area (Å²) in [6, 6.07) is 8.57. The maximum absolute atomic E-state index is 5.49. The van der Waals surface area contributed by atoms with Crippen molar-refractivity contribution in [2.24, 2.45) is 0 Å². The third kappa shape index (κ3) is 2.68. The molecule has 17 heavy (non-hydrogen) atoms. The van der Waals surface area contributed by atoms with Crippen LogP contribution in [0.1, 0.15) is 19.4 Å². The topological polar surface area (TPSA) is 26.2 Å². The SMILES string of the molecule is CCNCc1cccc2ccn(COCC)c12. The number of aromatic nitrogens is 1. The summed E-state index contributed by atoms with van der Waals surface area (Å²) < 4.78 is 7.66. The Kier molecular flexibility index (Phi) is 4.18. The van der Waals surface area contributed by atoms with Crippen LogP contribution in [0.5, 0.6) is 0 Å². The summed E-state index contributed by atoms with van der Waals surface area (Å²) in [6.45, 7) is 7.41. The lowest BCUT2D eigenvalue weighted by atomic mass is 10.1. The Bertz CT molecular complexity index is 476. The second-order valence-corrected chi connectivity index (χ2v) is 4.04. The van der Waals surface area contributed by atoms with E-state index in [0.717, 1.165) is 19.7 Å². The Hall–Kier alpha value is -1.32. The van der Waals surface area contributed by atoms with Gasteiger partial charge in [0.2, 0.25) is 0 Å². The molecule has 1 N–H and O–H groups in total. The van der Waals surface area contributed by atoms with Crippen molar-refractivity contribution >= 4 is 10.9 Å². The molecular weight excluding hydrogens is 212 g/mol. The number of nitrogens with one attached hydrogen (secondary N) is 1. The monoisotopic (exact) mass is 232 g/mol. The highest BCUT2D eigenvalue weighted by Crippen LogP contribution is 2.20. The van der Waals surface area contributed by atoms with Gasteiger partial charge in [-0.05, 0) is 30.5 Å². The summed E-state index contributed by atoms with van der Waals surface area (Å²) in [4.78, 5) is 0. The molecule has 3 heteroatoms. The summed E-state index contributed by atoms with van der Waals surface area (Å²) in [5.74, 6) is 0. The molecule has 0 fully saturated rings. The van der Waals surface area contributed by atoms with Crippen LogP contribution in [0.4, 0.5) is 0 Å². The Balaban J connectivity index is 2.33. The molecule has 0 saturated heterocycles. The van der Waals surface area contributed by atoms with E-state index in [2.05, 4.69) is 47.3 Å². The van der Waals surface area contributed by atoms with Crippen LogP contribution in [-0.4, -0.2) is 17.7 Å². The Morgan fingerprint density at radius 2 is 2.12 bits per heavy atom. The molecule has 0 aliphatic carbocycles. The summed E-state index contributed by atoms with van der Waals surface area (Å²) in [7, 11) is 0.